The molecule has 0 aliphatic heterocycles. The predicted octanol–water partition coefficient (Wildman–Crippen LogP) is 1.52. The first-order chi connectivity index (χ1) is 7.18. The van der Waals surface area contributed by atoms with E-state index in [4.69, 9.17) is 11.0 Å². The normalized spacial score (nSPS) is 21.9. The fourth-order valence-corrected chi connectivity index (χ4v) is 2.44. The summed E-state index contributed by atoms with van der Waals surface area (Å²) < 4.78 is 19.1. The summed E-state index contributed by atoms with van der Waals surface area (Å²) in [6, 6.07) is 0. The van der Waals surface area contributed by atoms with Crippen LogP contribution in [0.15, 0.2) is 0 Å². The number of hydrogen-bond acceptors (Lipinski definition) is 2. The van der Waals surface area contributed by atoms with E-state index in [0.29, 0.717) is 12.2 Å². The standard InChI is InChI=1S/C11H19NO2S/c1-2-11(7-4-3-5-8-11)12-9-6-10-15(13)14/h1,12H,3-10H2,(H,13,14). The quantitative estimate of drug-likeness (QED) is 0.427. The Labute approximate surface area is 94.3 Å². The van der Waals surface area contributed by atoms with Crippen LogP contribution in [0.3, 0.4) is 0 Å². The smallest absolute Gasteiger partial charge is 0.152 e. The highest BCUT2D eigenvalue weighted by Gasteiger charge is 2.28. The zero-order chi connectivity index (χ0) is 11.1. The van der Waals surface area contributed by atoms with Crippen molar-refractivity contribution in [2.24, 2.45) is 0 Å². The van der Waals surface area contributed by atoms with E-state index in [9.17, 15) is 4.21 Å². The minimum Gasteiger partial charge on any atom is -0.306 e. The van der Waals surface area contributed by atoms with E-state index >= 15 is 0 Å². The Balaban J connectivity index is 2.27. The van der Waals surface area contributed by atoms with Crippen molar-refractivity contribution in [3.63, 3.8) is 0 Å². The number of rotatable bonds is 5. The van der Waals surface area contributed by atoms with Gasteiger partial charge in [0.05, 0.1) is 11.3 Å². The van der Waals surface area contributed by atoms with Crippen LogP contribution in [0.25, 0.3) is 0 Å². The summed E-state index contributed by atoms with van der Waals surface area (Å²) in [7, 11) is 0. The molecule has 1 unspecified atom stereocenters. The van der Waals surface area contributed by atoms with E-state index in [1.807, 2.05) is 0 Å². The van der Waals surface area contributed by atoms with Gasteiger partial charge < -0.3 is 9.87 Å². The molecule has 1 rings (SSSR count). The second kappa shape index (κ2) is 6.26. The molecule has 0 aromatic rings. The molecule has 1 fully saturated rings. The van der Waals surface area contributed by atoms with E-state index < -0.39 is 11.1 Å². The SMILES string of the molecule is C#CC1(NCCCS(=O)O)CCCCC1. The van der Waals surface area contributed by atoms with Crippen molar-refractivity contribution >= 4 is 11.1 Å². The molecule has 0 amide bonds. The maximum Gasteiger partial charge on any atom is 0.152 e. The van der Waals surface area contributed by atoms with Crippen LogP contribution >= 0.6 is 0 Å². The Bertz CT molecular complexity index is 254. The van der Waals surface area contributed by atoms with Crippen LogP contribution < -0.4 is 5.32 Å². The molecule has 1 aliphatic carbocycles. The van der Waals surface area contributed by atoms with E-state index in [0.717, 1.165) is 19.4 Å². The van der Waals surface area contributed by atoms with Crippen molar-refractivity contribution in [1.82, 2.24) is 5.32 Å². The minimum atomic E-state index is -1.68. The van der Waals surface area contributed by atoms with Crippen molar-refractivity contribution in [2.75, 3.05) is 12.3 Å². The number of nitrogens with one attached hydrogen (secondary N) is 1. The van der Waals surface area contributed by atoms with E-state index in [1.54, 1.807) is 0 Å². The molecule has 2 N–H and O–H groups in total. The van der Waals surface area contributed by atoms with Crippen LogP contribution in [0.2, 0.25) is 0 Å². The summed E-state index contributed by atoms with van der Waals surface area (Å²) in [4.78, 5) is 0. The highest BCUT2D eigenvalue weighted by molar-refractivity contribution is 7.79. The van der Waals surface area contributed by atoms with E-state index in [2.05, 4.69) is 11.2 Å². The monoisotopic (exact) mass is 229 g/mol. The van der Waals surface area contributed by atoms with Crippen LogP contribution in [-0.4, -0.2) is 26.6 Å². The molecular formula is C11H19NO2S. The largest absolute Gasteiger partial charge is 0.306 e. The maximum absolute atomic E-state index is 10.4. The van der Waals surface area contributed by atoms with Crippen molar-refractivity contribution in [3.05, 3.63) is 0 Å². The lowest BCUT2D eigenvalue weighted by molar-refractivity contribution is 0.302. The fourth-order valence-electron chi connectivity index (χ4n) is 2.05. The molecule has 15 heavy (non-hydrogen) atoms. The summed E-state index contributed by atoms with van der Waals surface area (Å²) in [5, 5.41) is 3.36. The Morgan fingerprint density at radius 1 is 1.40 bits per heavy atom. The Morgan fingerprint density at radius 2 is 2.07 bits per heavy atom. The molecule has 86 valence electrons. The van der Waals surface area contributed by atoms with Gasteiger partial charge in [-0.1, -0.05) is 25.2 Å². The third kappa shape index (κ3) is 4.33. The highest BCUT2D eigenvalue weighted by Crippen LogP contribution is 2.27. The van der Waals surface area contributed by atoms with Crippen molar-refractivity contribution < 1.29 is 8.76 Å². The lowest BCUT2D eigenvalue weighted by Gasteiger charge is -2.33. The molecule has 0 aromatic carbocycles. The third-order valence-corrected chi connectivity index (χ3v) is 3.58. The first kappa shape index (κ1) is 12.7. The number of terminal acetylenes is 1. The summed E-state index contributed by atoms with van der Waals surface area (Å²) in [5.74, 6) is 3.18. The van der Waals surface area contributed by atoms with Crippen LogP contribution in [-0.2, 0) is 11.1 Å². The van der Waals surface area contributed by atoms with Gasteiger partial charge in [0.1, 0.15) is 0 Å². The molecule has 3 nitrogen and oxygen atoms in total. The Morgan fingerprint density at radius 3 is 2.60 bits per heavy atom. The minimum absolute atomic E-state index is 0.144. The van der Waals surface area contributed by atoms with Gasteiger partial charge >= 0.3 is 0 Å². The predicted molar refractivity (Wildman–Crippen MR) is 62.9 cm³/mol. The van der Waals surface area contributed by atoms with Gasteiger partial charge in [-0.15, -0.1) is 6.42 Å². The van der Waals surface area contributed by atoms with Crippen molar-refractivity contribution in [3.8, 4) is 12.3 Å². The second-order valence-corrected chi connectivity index (χ2v) is 5.14. The first-order valence-corrected chi connectivity index (χ1v) is 6.76. The van der Waals surface area contributed by atoms with E-state index in [-0.39, 0.29) is 5.54 Å². The molecule has 1 atom stereocenters. The molecule has 0 spiro atoms. The molecule has 4 heteroatoms. The zero-order valence-corrected chi connectivity index (χ0v) is 9.81. The average Bonchev–Trinajstić information content (AvgIpc) is 2.26. The zero-order valence-electron chi connectivity index (χ0n) is 9.00. The first-order valence-electron chi connectivity index (χ1n) is 5.49. The molecular weight excluding hydrogens is 210 g/mol. The van der Waals surface area contributed by atoms with Gasteiger partial charge in [0.15, 0.2) is 11.1 Å². The average molecular weight is 229 g/mol. The van der Waals surface area contributed by atoms with Gasteiger partial charge in [-0.05, 0) is 25.8 Å². The highest BCUT2D eigenvalue weighted by atomic mass is 32.2. The van der Waals surface area contributed by atoms with Gasteiger partial charge in [0.25, 0.3) is 0 Å². The molecule has 0 bridgehead atoms. The maximum atomic E-state index is 10.4. The fraction of sp³-hybridized carbons (Fsp3) is 0.818. The topological polar surface area (TPSA) is 49.3 Å². The molecule has 0 heterocycles. The summed E-state index contributed by atoms with van der Waals surface area (Å²) in [6.45, 7) is 0.733. The van der Waals surface area contributed by atoms with Gasteiger partial charge in [0.2, 0.25) is 0 Å². The Hall–Kier alpha value is -0.370. The summed E-state index contributed by atoms with van der Waals surface area (Å²) in [5.41, 5.74) is -0.144. The van der Waals surface area contributed by atoms with Crippen molar-refractivity contribution in [1.29, 1.82) is 0 Å². The summed E-state index contributed by atoms with van der Waals surface area (Å²) >= 11 is -1.68. The van der Waals surface area contributed by atoms with Gasteiger partial charge in [-0.25, -0.2) is 4.21 Å². The van der Waals surface area contributed by atoms with Gasteiger partial charge in [-0.3, -0.25) is 0 Å². The molecule has 1 aliphatic rings. The second-order valence-electron chi connectivity index (χ2n) is 4.09. The van der Waals surface area contributed by atoms with Crippen LogP contribution in [0.5, 0.6) is 0 Å². The van der Waals surface area contributed by atoms with Gasteiger partial charge in [0, 0.05) is 0 Å². The number of hydrogen-bond donors (Lipinski definition) is 2. The molecule has 1 saturated carbocycles. The van der Waals surface area contributed by atoms with Crippen LogP contribution in [0.1, 0.15) is 38.5 Å². The van der Waals surface area contributed by atoms with Crippen LogP contribution in [0.4, 0.5) is 0 Å². The lowest BCUT2D eigenvalue weighted by atomic mass is 9.82. The summed E-state index contributed by atoms with van der Waals surface area (Å²) in [6.07, 6.45) is 12.0. The molecule has 0 radical (unpaired) electrons. The molecule has 0 aromatic heterocycles. The Kier molecular flexibility index (Phi) is 5.30. The van der Waals surface area contributed by atoms with Crippen molar-refractivity contribution in [2.45, 2.75) is 44.1 Å². The van der Waals surface area contributed by atoms with Gasteiger partial charge in [-0.2, -0.15) is 0 Å². The third-order valence-electron chi connectivity index (χ3n) is 2.94. The van der Waals surface area contributed by atoms with Crippen LogP contribution in [0, 0.1) is 12.3 Å². The molecule has 0 saturated heterocycles. The lowest BCUT2D eigenvalue weighted by Crippen LogP contribution is -2.46. The van der Waals surface area contributed by atoms with E-state index in [1.165, 1.54) is 19.3 Å².